The lowest BCUT2D eigenvalue weighted by Gasteiger charge is -2.33. The molecule has 11 heteroatoms. The van der Waals surface area contributed by atoms with E-state index in [1.165, 1.54) is 12.0 Å². The second kappa shape index (κ2) is 13.0. The Hall–Kier alpha value is -3.76. The Kier molecular flexibility index (Phi) is 10.3. The number of anilines is 2. The highest BCUT2D eigenvalue weighted by atomic mass is 16.5. The highest BCUT2D eigenvalue weighted by Crippen LogP contribution is 2.22. The number of rotatable bonds is 11. The number of aromatic nitrogens is 3. The van der Waals surface area contributed by atoms with Crippen LogP contribution in [0.1, 0.15) is 69.1 Å². The van der Waals surface area contributed by atoms with Gasteiger partial charge in [0.25, 0.3) is 5.91 Å². The van der Waals surface area contributed by atoms with Crippen molar-refractivity contribution in [3.63, 3.8) is 0 Å². The van der Waals surface area contributed by atoms with E-state index in [1.54, 1.807) is 12.3 Å². The predicted molar refractivity (Wildman–Crippen MR) is 142 cm³/mol. The Morgan fingerprint density at radius 2 is 1.86 bits per heavy atom. The third-order valence-electron chi connectivity index (χ3n) is 5.51. The first-order valence-electron chi connectivity index (χ1n) is 12.4. The highest BCUT2D eigenvalue weighted by Gasteiger charge is 2.29. The minimum absolute atomic E-state index is 0.0870. The largest absolute Gasteiger partial charge is 0.453 e. The van der Waals surface area contributed by atoms with E-state index in [1.807, 2.05) is 33.8 Å². The molecule has 0 radical (unpaired) electrons. The molecule has 0 aliphatic carbocycles. The highest BCUT2D eigenvalue weighted by molar-refractivity contribution is 5.96. The van der Waals surface area contributed by atoms with E-state index in [4.69, 9.17) is 10.5 Å². The van der Waals surface area contributed by atoms with Gasteiger partial charge in [-0.05, 0) is 51.7 Å². The van der Waals surface area contributed by atoms with E-state index in [-0.39, 0.29) is 18.1 Å². The molecule has 37 heavy (non-hydrogen) atoms. The number of nitrogens with one attached hydrogen (secondary N) is 2. The molecule has 11 nitrogen and oxygen atoms in total. The summed E-state index contributed by atoms with van der Waals surface area (Å²) in [5.41, 5.74) is 8.08. The SMILES string of the molecule is CCc1nc(C(N)=O)c(Nc2ccnc(CCNC(=O)CN(C(=O)OC)C(C)(C)C)c2)nc1CC(C)C. The molecule has 0 unspecified atom stereocenters. The van der Waals surface area contributed by atoms with Crippen molar-refractivity contribution >= 4 is 29.4 Å². The fourth-order valence-electron chi connectivity index (χ4n) is 3.64. The molecule has 0 spiro atoms. The van der Waals surface area contributed by atoms with Crippen LogP contribution in [0.3, 0.4) is 0 Å². The lowest BCUT2D eigenvalue weighted by Crippen LogP contribution is -2.50. The molecule has 202 valence electrons. The van der Waals surface area contributed by atoms with Crippen molar-refractivity contribution in [3.05, 3.63) is 41.1 Å². The summed E-state index contributed by atoms with van der Waals surface area (Å²) in [6.45, 7) is 11.9. The number of primary amides is 1. The zero-order chi connectivity index (χ0) is 27.8. The van der Waals surface area contributed by atoms with Crippen LogP contribution in [0.4, 0.5) is 16.3 Å². The quantitative estimate of drug-likeness (QED) is 0.415. The summed E-state index contributed by atoms with van der Waals surface area (Å²) in [6, 6.07) is 3.56. The van der Waals surface area contributed by atoms with Crippen molar-refractivity contribution in [2.75, 3.05) is 25.5 Å². The molecule has 2 aromatic rings. The van der Waals surface area contributed by atoms with Gasteiger partial charge in [-0.2, -0.15) is 0 Å². The average Bonchev–Trinajstić information content (AvgIpc) is 2.81. The molecule has 0 bridgehead atoms. The number of nitrogens with zero attached hydrogens (tertiary/aromatic N) is 4. The number of nitrogens with two attached hydrogens (primary N) is 1. The average molecular weight is 514 g/mol. The molecule has 0 aliphatic rings. The van der Waals surface area contributed by atoms with Gasteiger partial charge in [-0.1, -0.05) is 20.8 Å². The van der Waals surface area contributed by atoms with Crippen LogP contribution < -0.4 is 16.4 Å². The number of hydrogen-bond donors (Lipinski definition) is 3. The van der Waals surface area contributed by atoms with Crippen LogP contribution in [-0.4, -0.2) is 63.5 Å². The zero-order valence-electron chi connectivity index (χ0n) is 22.8. The van der Waals surface area contributed by atoms with E-state index in [2.05, 4.69) is 39.4 Å². The number of methoxy groups -OCH3 is 1. The van der Waals surface area contributed by atoms with Crippen molar-refractivity contribution in [1.82, 2.24) is 25.2 Å². The summed E-state index contributed by atoms with van der Waals surface area (Å²) in [5.74, 6) is -0.285. The molecule has 0 atom stereocenters. The van der Waals surface area contributed by atoms with Crippen LogP contribution in [0.15, 0.2) is 18.3 Å². The summed E-state index contributed by atoms with van der Waals surface area (Å²) in [4.78, 5) is 51.4. The van der Waals surface area contributed by atoms with Crippen molar-refractivity contribution in [1.29, 1.82) is 0 Å². The number of aryl methyl sites for hydroxylation is 1. The van der Waals surface area contributed by atoms with Crippen molar-refractivity contribution in [2.24, 2.45) is 11.7 Å². The first-order chi connectivity index (χ1) is 17.3. The van der Waals surface area contributed by atoms with Gasteiger partial charge in [0.2, 0.25) is 5.91 Å². The Bertz CT molecular complexity index is 1110. The van der Waals surface area contributed by atoms with Crippen LogP contribution in [0, 0.1) is 5.92 Å². The molecule has 0 saturated carbocycles. The molecule has 0 saturated heterocycles. The third kappa shape index (κ3) is 8.69. The summed E-state index contributed by atoms with van der Waals surface area (Å²) in [7, 11) is 1.28. The van der Waals surface area contributed by atoms with Gasteiger partial charge in [0.05, 0.1) is 18.5 Å². The number of carbonyl (C=O) groups excluding carboxylic acids is 3. The van der Waals surface area contributed by atoms with E-state index in [0.29, 0.717) is 42.5 Å². The van der Waals surface area contributed by atoms with Crippen LogP contribution in [0.2, 0.25) is 0 Å². The fraction of sp³-hybridized carbons (Fsp3) is 0.538. The smallest absolute Gasteiger partial charge is 0.410 e. The predicted octanol–water partition coefficient (Wildman–Crippen LogP) is 3.00. The van der Waals surface area contributed by atoms with E-state index in [9.17, 15) is 14.4 Å². The maximum absolute atomic E-state index is 12.4. The number of amides is 3. The second-order valence-electron chi connectivity index (χ2n) is 10.1. The Labute approximate surface area is 218 Å². The Balaban J connectivity index is 2.11. The van der Waals surface area contributed by atoms with E-state index in [0.717, 1.165) is 17.8 Å². The van der Waals surface area contributed by atoms with Crippen molar-refractivity contribution in [3.8, 4) is 0 Å². The molecule has 0 aromatic carbocycles. The first kappa shape index (κ1) is 29.5. The minimum atomic E-state index is -0.658. The normalized spacial score (nSPS) is 11.2. The van der Waals surface area contributed by atoms with Crippen LogP contribution in [0.5, 0.6) is 0 Å². The van der Waals surface area contributed by atoms with Crippen LogP contribution in [-0.2, 0) is 28.8 Å². The third-order valence-corrected chi connectivity index (χ3v) is 5.51. The van der Waals surface area contributed by atoms with Gasteiger partial charge in [0.1, 0.15) is 6.54 Å². The maximum Gasteiger partial charge on any atom is 0.410 e. The topological polar surface area (TPSA) is 152 Å². The Morgan fingerprint density at radius 3 is 2.43 bits per heavy atom. The fourth-order valence-corrected chi connectivity index (χ4v) is 3.64. The summed E-state index contributed by atoms with van der Waals surface area (Å²) >= 11 is 0. The molecule has 2 heterocycles. The number of pyridine rings is 1. The second-order valence-corrected chi connectivity index (χ2v) is 10.1. The summed E-state index contributed by atoms with van der Waals surface area (Å²) < 4.78 is 4.79. The van der Waals surface area contributed by atoms with Gasteiger partial charge in [-0.15, -0.1) is 0 Å². The molecule has 2 aromatic heterocycles. The van der Waals surface area contributed by atoms with E-state index < -0.39 is 17.5 Å². The minimum Gasteiger partial charge on any atom is -0.453 e. The van der Waals surface area contributed by atoms with Gasteiger partial charge in [0.15, 0.2) is 11.5 Å². The lowest BCUT2D eigenvalue weighted by molar-refractivity contribution is -0.123. The zero-order valence-corrected chi connectivity index (χ0v) is 22.8. The van der Waals surface area contributed by atoms with Gasteiger partial charge >= 0.3 is 6.09 Å². The molecule has 0 aliphatic heterocycles. The van der Waals surface area contributed by atoms with Gasteiger partial charge in [-0.3, -0.25) is 19.5 Å². The molecule has 0 fully saturated rings. The molecular weight excluding hydrogens is 474 g/mol. The van der Waals surface area contributed by atoms with E-state index >= 15 is 0 Å². The number of carbonyl (C=O) groups is 3. The van der Waals surface area contributed by atoms with Crippen LogP contribution >= 0.6 is 0 Å². The molecule has 2 rings (SSSR count). The van der Waals surface area contributed by atoms with Crippen LogP contribution in [0.25, 0.3) is 0 Å². The maximum atomic E-state index is 12.4. The standard InChI is InChI=1S/C26H39N7O4/c1-8-19-20(13-16(2)3)32-24(22(31-19)23(27)35)30-18-10-11-28-17(14-18)9-12-29-21(34)15-33(25(36)37-7)26(4,5)6/h10-11,14,16H,8-9,12-13,15H2,1-7H3,(H2,27,35)(H,29,34)(H,28,30,32). The monoisotopic (exact) mass is 513 g/mol. The van der Waals surface area contributed by atoms with Crippen molar-refractivity contribution in [2.45, 2.75) is 66.3 Å². The van der Waals surface area contributed by atoms with Gasteiger partial charge in [-0.25, -0.2) is 14.8 Å². The van der Waals surface area contributed by atoms with Crippen molar-refractivity contribution < 1.29 is 19.1 Å². The van der Waals surface area contributed by atoms with Gasteiger partial charge < -0.3 is 21.1 Å². The molecular formula is C26H39N7O4. The first-order valence-corrected chi connectivity index (χ1v) is 12.4. The number of ether oxygens (including phenoxy) is 1. The molecule has 4 N–H and O–H groups in total. The lowest BCUT2D eigenvalue weighted by atomic mass is 10.0. The van der Waals surface area contributed by atoms with Gasteiger partial charge in [0, 0.05) is 36.1 Å². The summed E-state index contributed by atoms with van der Waals surface area (Å²) in [5, 5.41) is 5.97. The Morgan fingerprint density at radius 1 is 1.16 bits per heavy atom. The number of hydrogen-bond acceptors (Lipinski definition) is 8. The molecule has 3 amide bonds. The summed E-state index contributed by atoms with van der Waals surface area (Å²) in [6.07, 6.45) is 2.90.